The molecule has 2 aliphatic rings. The summed E-state index contributed by atoms with van der Waals surface area (Å²) >= 11 is 0. The Morgan fingerprint density at radius 2 is 2.27 bits per heavy atom. The van der Waals surface area contributed by atoms with Gasteiger partial charge in [0, 0.05) is 57.5 Å². The van der Waals surface area contributed by atoms with Gasteiger partial charge in [0.1, 0.15) is 5.69 Å². The number of rotatable bonds is 5. The van der Waals surface area contributed by atoms with Crippen LogP contribution in [0.1, 0.15) is 21.9 Å². The molecule has 4 heterocycles. The van der Waals surface area contributed by atoms with Crippen molar-refractivity contribution >= 4 is 5.91 Å². The van der Waals surface area contributed by atoms with Crippen molar-refractivity contribution in [3.05, 3.63) is 41.7 Å². The molecule has 2 aliphatic heterocycles. The standard InChI is InChI=1S/C18H24N6O2/c1-12-5-14(23(2)22-12)8-24-9-15-13(11-26-17(15)10-24)6-21-18(25)16-7-19-3-4-20-16/h3-5,7,13,15,17H,6,8-11H2,1-2H3,(H,21,25)/t13-,15-,17-/m0/s1. The van der Waals surface area contributed by atoms with E-state index in [1.807, 2.05) is 18.7 Å². The number of nitrogens with zero attached hydrogens (tertiary/aromatic N) is 5. The van der Waals surface area contributed by atoms with E-state index in [0.717, 1.165) is 25.3 Å². The second kappa shape index (κ2) is 7.13. The third-order valence-corrected chi connectivity index (χ3v) is 5.32. The van der Waals surface area contributed by atoms with Crippen molar-refractivity contribution < 1.29 is 9.53 Å². The third-order valence-electron chi connectivity index (χ3n) is 5.32. The summed E-state index contributed by atoms with van der Waals surface area (Å²) in [6, 6.07) is 2.13. The average molecular weight is 356 g/mol. The Morgan fingerprint density at radius 1 is 1.38 bits per heavy atom. The van der Waals surface area contributed by atoms with Crippen LogP contribution in [0.25, 0.3) is 0 Å². The van der Waals surface area contributed by atoms with Crippen LogP contribution in [-0.2, 0) is 18.3 Å². The highest BCUT2D eigenvalue weighted by molar-refractivity contribution is 5.91. The second-order valence-electron chi connectivity index (χ2n) is 7.19. The first-order chi connectivity index (χ1) is 12.6. The Hall–Kier alpha value is -2.32. The first-order valence-electron chi connectivity index (χ1n) is 8.98. The first kappa shape index (κ1) is 17.1. The van der Waals surface area contributed by atoms with Crippen LogP contribution < -0.4 is 5.32 Å². The number of fused-ring (bicyclic) bond motifs is 1. The lowest BCUT2D eigenvalue weighted by atomic mass is 9.93. The summed E-state index contributed by atoms with van der Waals surface area (Å²) in [7, 11) is 1.99. The van der Waals surface area contributed by atoms with Crippen LogP contribution in [0.5, 0.6) is 0 Å². The van der Waals surface area contributed by atoms with Gasteiger partial charge in [0.25, 0.3) is 5.91 Å². The zero-order chi connectivity index (χ0) is 18.1. The molecular formula is C18H24N6O2. The number of likely N-dealkylation sites (tertiary alicyclic amines) is 1. The van der Waals surface area contributed by atoms with Gasteiger partial charge in [0.05, 0.1) is 30.3 Å². The summed E-state index contributed by atoms with van der Waals surface area (Å²) in [6.07, 6.45) is 4.82. The van der Waals surface area contributed by atoms with Gasteiger partial charge in [-0.15, -0.1) is 0 Å². The number of hydrogen-bond donors (Lipinski definition) is 1. The molecule has 138 valence electrons. The van der Waals surface area contributed by atoms with Crippen LogP contribution in [0.2, 0.25) is 0 Å². The highest BCUT2D eigenvalue weighted by Crippen LogP contribution is 2.34. The summed E-state index contributed by atoms with van der Waals surface area (Å²) in [5.41, 5.74) is 2.61. The van der Waals surface area contributed by atoms with Gasteiger partial charge in [0.15, 0.2) is 0 Å². The summed E-state index contributed by atoms with van der Waals surface area (Å²) in [5, 5.41) is 7.39. The fourth-order valence-corrected chi connectivity index (χ4v) is 3.99. The molecule has 2 aromatic heterocycles. The van der Waals surface area contributed by atoms with Crippen molar-refractivity contribution in [3.8, 4) is 0 Å². The number of aromatic nitrogens is 4. The monoisotopic (exact) mass is 356 g/mol. The molecule has 8 nitrogen and oxygen atoms in total. The molecule has 0 spiro atoms. The molecule has 0 radical (unpaired) electrons. The molecular weight excluding hydrogens is 332 g/mol. The summed E-state index contributed by atoms with van der Waals surface area (Å²) in [6.45, 7) is 6.13. The number of hydrogen-bond acceptors (Lipinski definition) is 6. The highest BCUT2D eigenvalue weighted by Gasteiger charge is 2.43. The van der Waals surface area contributed by atoms with Crippen molar-refractivity contribution in [2.75, 3.05) is 26.2 Å². The van der Waals surface area contributed by atoms with Crippen molar-refractivity contribution in [1.29, 1.82) is 0 Å². The molecule has 2 fully saturated rings. The predicted octanol–water partition coefficient (Wildman–Crippen LogP) is 0.395. The van der Waals surface area contributed by atoms with E-state index in [1.165, 1.54) is 18.1 Å². The number of carbonyl (C=O) groups is 1. The zero-order valence-corrected chi connectivity index (χ0v) is 15.1. The van der Waals surface area contributed by atoms with Crippen molar-refractivity contribution in [2.24, 2.45) is 18.9 Å². The van der Waals surface area contributed by atoms with Gasteiger partial charge < -0.3 is 10.1 Å². The molecule has 8 heteroatoms. The maximum absolute atomic E-state index is 12.2. The highest BCUT2D eigenvalue weighted by atomic mass is 16.5. The lowest BCUT2D eigenvalue weighted by Crippen LogP contribution is -2.34. The minimum absolute atomic E-state index is 0.179. The largest absolute Gasteiger partial charge is 0.376 e. The molecule has 0 unspecified atom stereocenters. The zero-order valence-electron chi connectivity index (χ0n) is 15.1. The van der Waals surface area contributed by atoms with Gasteiger partial charge in [-0.25, -0.2) is 4.98 Å². The minimum atomic E-state index is -0.179. The first-order valence-corrected chi connectivity index (χ1v) is 8.98. The molecule has 2 saturated heterocycles. The van der Waals surface area contributed by atoms with E-state index in [-0.39, 0.29) is 12.0 Å². The van der Waals surface area contributed by atoms with Crippen LogP contribution in [0.3, 0.4) is 0 Å². The molecule has 3 atom stereocenters. The van der Waals surface area contributed by atoms with Gasteiger partial charge >= 0.3 is 0 Å². The SMILES string of the molecule is Cc1cc(CN2C[C@H]3[C@@H](CNC(=O)c4cnccn4)CO[C@H]3C2)n(C)n1. The number of carbonyl (C=O) groups excluding carboxylic acids is 1. The number of ether oxygens (including phenoxy) is 1. The van der Waals surface area contributed by atoms with Crippen LogP contribution in [0, 0.1) is 18.8 Å². The third kappa shape index (κ3) is 3.47. The Balaban J connectivity index is 1.32. The van der Waals surface area contributed by atoms with Crippen LogP contribution in [-0.4, -0.2) is 62.9 Å². The minimum Gasteiger partial charge on any atom is -0.376 e. The normalized spacial score (nSPS) is 25.4. The number of aryl methyl sites for hydroxylation is 2. The van der Waals surface area contributed by atoms with Crippen LogP contribution in [0.4, 0.5) is 0 Å². The quantitative estimate of drug-likeness (QED) is 0.835. The Kier molecular flexibility index (Phi) is 4.69. The Labute approximate surface area is 152 Å². The van der Waals surface area contributed by atoms with E-state index in [4.69, 9.17) is 4.74 Å². The van der Waals surface area contributed by atoms with E-state index in [0.29, 0.717) is 30.7 Å². The maximum Gasteiger partial charge on any atom is 0.271 e. The Morgan fingerprint density at radius 3 is 3.00 bits per heavy atom. The summed E-state index contributed by atoms with van der Waals surface area (Å²) in [4.78, 5) is 22.6. The fourth-order valence-electron chi connectivity index (χ4n) is 3.99. The molecule has 0 saturated carbocycles. The van der Waals surface area contributed by atoms with Crippen LogP contribution >= 0.6 is 0 Å². The predicted molar refractivity (Wildman–Crippen MR) is 94.3 cm³/mol. The fraction of sp³-hybridized carbons (Fsp3) is 0.556. The van der Waals surface area contributed by atoms with Crippen molar-refractivity contribution in [2.45, 2.75) is 19.6 Å². The second-order valence-corrected chi connectivity index (χ2v) is 7.19. The van der Waals surface area contributed by atoms with E-state index >= 15 is 0 Å². The number of nitrogens with one attached hydrogen (secondary N) is 1. The lowest BCUT2D eigenvalue weighted by Gasteiger charge is -2.19. The van der Waals surface area contributed by atoms with Gasteiger partial charge in [-0.05, 0) is 13.0 Å². The topological polar surface area (TPSA) is 85.2 Å². The molecule has 2 aromatic rings. The van der Waals surface area contributed by atoms with Gasteiger partial charge in [0.2, 0.25) is 0 Å². The molecule has 4 rings (SSSR count). The Bertz CT molecular complexity index is 777. The van der Waals surface area contributed by atoms with Gasteiger partial charge in [-0.2, -0.15) is 5.10 Å². The van der Waals surface area contributed by atoms with Gasteiger partial charge in [-0.1, -0.05) is 0 Å². The van der Waals surface area contributed by atoms with Crippen molar-refractivity contribution in [1.82, 2.24) is 30.0 Å². The smallest absolute Gasteiger partial charge is 0.271 e. The summed E-state index contributed by atoms with van der Waals surface area (Å²) < 4.78 is 7.93. The van der Waals surface area contributed by atoms with E-state index < -0.39 is 0 Å². The van der Waals surface area contributed by atoms with E-state index in [1.54, 1.807) is 6.20 Å². The molecule has 0 aromatic carbocycles. The van der Waals surface area contributed by atoms with Crippen LogP contribution in [0.15, 0.2) is 24.7 Å². The molecule has 1 amide bonds. The number of amides is 1. The van der Waals surface area contributed by atoms with Gasteiger partial charge in [-0.3, -0.25) is 19.4 Å². The molecule has 1 N–H and O–H groups in total. The molecule has 0 aliphatic carbocycles. The van der Waals surface area contributed by atoms with E-state index in [9.17, 15) is 4.79 Å². The van der Waals surface area contributed by atoms with Crippen molar-refractivity contribution in [3.63, 3.8) is 0 Å². The average Bonchev–Trinajstić information content (AvgIpc) is 3.29. The molecule has 0 bridgehead atoms. The molecule has 26 heavy (non-hydrogen) atoms. The van der Waals surface area contributed by atoms with E-state index in [2.05, 4.69) is 31.3 Å². The maximum atomic E-state index is 12.2. The summed E-state index contributed by atoms with van der Waals surface area (Å²) in [5.74, 6) is 0.604. The lowest BCUT2D eigenvalue weighted by molar-refractivity contribution is 0.0899.